The van der Waals surface area contributed by atoms with Crippen LogP contribution >= 0.6 is 11.3 Å². The van der Waals surface area contributed by atoms with Gasteiger partial charge in [-0.1, -0.05) is 20.8 Å². The molecule has 0 spiro atoms. The van der Waals surface area contributed by atoms with Gasteiger partial charge in [-0.05, 0) is 36.5 Å². The van der Waals surface area contributed by atoms with Gasteiger partial charge >= 0.3 is 0 Å². The first-order chi connectivity index (χ1) is 12.8. The molecule has 1 aromatic heterocycles. The third-order valence-electron chi connectivity index (χ3n) is 6.80. The van der Waals surface area contributed by atoms with Crippen molar-refractivity contribution in [3.05, 3.63) is 10.6 Å². The zero-order valence-electron chi connectivity index (χ0n) is 17.0. The second-order valence-electron chi connectivity index (χ2n) is 8.49. The normalized spacial score (nSPS) is 33.7. The Morgan fingerprint density at radius 2 is 2.26 bits per heavy atom. The molecular formula is C20H33N3O3S. The predicted molar refractivity (Wildman–Crippen MR) is 108 cm³/mol. The van der Waals surface area contributed by atoms with Gasteiger partial charge in [-0.25, -0.2) is 4.98 Å². The number of anilines is 1. The summed E-state index contributed by atoms with van der Waals surface area (Å²) in [5, 5.41) is 18.4. The van der Waals surface area contributed by atoms with Gasteiger partial charge in [0, 0.05) is 37.4 Å². The van der Waals surface area contributed by atoms with Crippen LogP contribution in [0.25, 0.3) is 0 Å². The maximum atomic E-state index is 12.5. The van der Waals surface area contributed by atoms with Crippen molar-refractivity contribution in [3.63, 3.8) is 0 Å². The van der Waals surface area contributed by atoms with E-state index in [1.807, 2.05) is 14.0 Å². The Labute approximate surface area is 166 Å². The largest absolute Gasteiger partial charge is 0.392 e. The number of aliphatic hydroxyl groups is 1. The molecule has 1 heterocycles. The number of amides is 1. The summed E-state index contributed by atoms with van der Waals surface area (Å²) in [5.41, 5.74) is 1.19. The summed E-state index contributed by atoms with van der Waals surface area (Å²) >= 11 is 1.74. The third-order valence-corrected chi connectivity index (χ3v) is 7.89. The molecule has 2 aliphatic rings. The number of carbonyl (C=O) groups is 1. The molecular weight excluding hydrogens is 362 g/mol. The second kappa shape index (κ2) is 8.05. The Bertz CT molecular complexity index is 679. The minimum atomic E-state index is -0.491. The first-order valence-electron chi connectivity index (χ1n) is 9.94. The Kier molecular flexibility index (Phi) is 6.13. The maximum Gasteiger partial charge on any atom is 0.223 e. The fourth-order valence-corrected chi connectivity index (χ4v) is 6.50. The number of hydrogen-bond donors (Lipinski definition) is 3. The predicted octanol–water partition coefficient (Wildman–Crippen LogP) is 2.64. The van der Waals surface area contributed by atoms with Gasteiger partial charge < -0.3 is 20.5 Å². The lowest BCUT2D eigenvalue weighted by Crippen LogP contribution is -2.53. The highest BCUT2D eigenvalue weighted by atomic mass is 32.1. The molecule has 0 aliphatic heterocycles. The van der Waals surface area contributed by atoms with Crippen molar-refractivity contribution in [2.45, 2.75) is 52.1 Å². The van der Waals surface area contributed by atoms with Crippen LogP contribution in [0.4, 0.5) is 5.13 Å². The Morgan fingerprint density at radius 1 is 1.52 bits per heavy atom. The standard InChI is InChI=1S/C20H33N3O3S/c1-11(18(25)22-8-9-26-5)13-6-7-20(3)10-14-16(23-19(21-4)27-14)12(2)15(20)17(13)24/h11-13,15,17,24H,6-10H2,1-5H3,(H,21,23)(H,22,25)/t11-,12-,13?,15+,17-,20-/m0/s1. The average Bonchev–Trinajstić information content (AvgIpc) is 3.04. The summed E-state index contributed by atoms with van der Waals surface area (Å²) in [6.07, 6.45) is 2.39. The quantitative estimate of drug-likeness (QED) is 0.645. The third kappa shape index (κ3) is 3.74. The van der Waals surface area contributed by atoms with E-state index in [4.69, 9.17) is 9.72 Å². The highest BCUT2D eigenvalue weighted by Gasteiger charge is 2.53. The van der Waals surface area contributed by atoms with E-state index in [1.54, 1.807) is 18.4 Å². The van der Waals surface area contributed by atoms with E-state index in [9.17, 15) is 9.90 Å². The van der Waals surface area contributed by atoms with E-state index in [-0.39, 0.29) is 35.0 Å². The van der Waals surface area contributed by atoms with Crippen molar-refractivity contribution in [1.29, 1.82) is 0 Å². The van der Waals surface area contributed by atoms with Gasteiger partial charge in [0.15, 0.2) is 5.13 Å². The van der Waals surface area contributed by atoms with E-state index in [1.165, 1.54) is 4.88 Å². The zero-order valence-corrected chi connectivity index (χ0v) is 17.9. The lowest BCUT2D eigenvalue weighted by atomic mass is 9.53. The summed E-state index contributed by atoms with van der Waals surface area (Å²) in [6.45, 7) is 7.45. The van der Waals surface area contributed by atoms with Crippen LogP contribution in [-0.4, -0.2) is 49.4 Å². The molecule has 0 radical (unpaired) electrons. The number of nitrogens with one attached hydrogen (secondary N) is 2. The summed E-state index contributed by atoms with van der Waals surface area (Å²) < 4.78 is 5.01. The van der Waals surface area contributed by atoms with Gasteiger partial charge in [0.05, 0.1) is 18.4 Å². The molecule has 6 atom stereocenters. The van der Waals surface area contributed by atoms with Crippen molar-refractivity contribution in [2.24, 2.45) is 23.2 Å². The van der Waals surface area contributed by atoms with Crippen molar-refractivity contribution in [3.8, 4) is 0 Å². The van der Waals surface area contributed by atoms with E-state index in [0.29, 0.717) is 13.2 Å². The number of carbonyl (C=O) groups excluding carboxylic acids is 1. The van der Waals surface area contributed by atoms with Crippen molar-refractivity contribution in [1.82, 2.24) is 10.3 Å². The molecule has 1 aromatic rings. The fraction of sp³-hybridized carbons (Fsp3) is 0.800. The van der Waals surface area contributed by atoms with E-state index in [2.05, 4.69) is 24.5 Å². The maximum absolute atomic E-state index is 12.5. The van der Waals surface area contributed by atoms with E-state index in [0.717, 1.165) is 30.1 Å². The van der Waals surface area contributed by atoms with Crippen LogP contribution in [0.2, 0.25) is 0 Å². The Balaban J connectivity index is 1.79. The number of ether oxygens (including phenoxy) is 1. The van der Waals surface area contributed by atoms with Gasteiger partial charge in [0.1, 0.15) is 0 Å². The number of aromatic nitrogens is 1. The van der Waals surface area contributed by atoms with Gasteiger partial charge in [-0.15, -0.1) is 11.3 Å². The molecule has 1 saturated carbocycles. The average molecular weight is 396 g/mol. The SMILES string of the molecule is CNc1nc2c(s1)C[C@]1(C)CCC([C@H](C)C(=O)NCCOC)[C@H](O)[C@H]1[C@@H]2C. The fourth-order valence-electron chi connectivity index (χ4n) is 5.29. The summed E-state index contributed by atoms with van der Waals surface area (Å²) in [6, 6.07) is 0. The van der Waals surface area contributed by atoms with Crippen LogP contribution in [0.1, 0.15) is 50.1 Å². The molecule has 1 unspecified atom stereocenters. The van der Waals surface area contributed by atoms with Gasteiger partial charge in [-0.3, -0.25) is 4.79 Å². The highest BCUT2D eigenvalue weighted by Crippen LogP contribution is 2.57. The lowest BCUT2D eigenvalue weighted by molar-refractivity contribution is -0.135. The van der Waals surface area contributed by atoms with Crippen LogP contribution in [0, 0.1) is 23.2 Å². The second-order valence-corrected chi connectivity index (χ2v) is 9.57. The molecule has 7 heteroatoms. The Hall–Kier alpha value is -1.18. The lowest BCUT2D eigenvalue weighted by Gasteiger charge is -2.53. The smallest absolute Gasteiger partial charge is 0.223 e. The van der Waals surface area contributed by atoms with Gasteiger partial charge in [0.25, 0.3) is 0 Å². The number of nitrogens with zero attached hydrogens (tertiary/aromatic N) is 1. The molecule has 2 aliphatic carbocycles. The minimum absolute atomic E-state index is 0.00924. The topological polar surface area (TPSA) is 83.5 Å². The van der Waals surface area contributed by atoms with Crippen LogP contribution in [0.3, 0.4) is 0 Å². The van der Waals surface area contributed by atoms with Crippen LogP contribution in [0.15, 0.2) is 0 Å². The monoisotopic (exact) mass is 395 g/mol. The zero-order chi connectivity index (χ0) is 19.8. The summed E-state index contributed by atoms with van der Waals surface area (Å²) in [7, 11) is 3.52. The highest BCUT2D eigenvalue weighted by molar-refractivity contribution is 7.15. The van der Waals surface area contributed by atoms with Crippen molar-refractivity contribution in [2.75, 3.05) is 32.6 Å². The number of thiazole rings is 1. The number of methoxy groups -OCH3 is 1. The van der Waals surface area contributed by atoms with Crippen LogP contribution in [-0.2, 0) is 16.0 Å². The number of fused-ring (bicyclic) bond motifs is 2. The number of hydrogen-bond acceptors (Lipinski definition) is 6. The molecule has 0 saturated heterocycles. The van der Waals surface area contributed by atoms with Crippen LogP contribution in [0.5, 0.6) is 0 Å². The van der Waals surface area contributed by atoms with Crippen molar-refractivity contribution >= 4 is 22.4 Å². The van der Waals surface area contributed by atoms with Crippen LogP contribution < -0.4 is 10.6 Å². The summed E-state index contributed by atoms with van der Waals surface area (Å²) in [4.78, 5) is 18.6. The number of rotatable bonds is 6. The van der Waals surface area contributed by atoms with Gasteiger partial charge in [-0.2, -0.15) is 0 Å². The van der Waals surface area contributed by atoms with Gasteiger partial charge in [0.2, 0.25) is 5.91 Å². The first kappa shape index (κ1) is 20.6. The molecule has 0 aromatic carbocycles. The Morgan fingerprint density at radius 3 is 2.93 bits per heavy atom. The molecule has 0 bridgehead atoms. The molecule has 3 rings (SSSR count). The first-order valence-corrected chi connectivity index (χ1v) is 10.8. The molecule has 27 heavy (non-hydrogen) atoms. The molecule has 1 amide bonds. The molecule has 6 nitrogen and oxygen atoms in total. The number of aliphatic hydroxyl groups excluding tert-OH is 1. The van der Waals surface area contributed by atoms with E-state index < -0.39 is 6.10 Å². The minimum Gasteiger partial charge on any atom is -0.392 e. The molecule has 3 N–H and O–H groups in total. The molecule has 152 valence electrons. The van der Waals surface area contributed by atoms with Crippen molar-refractivity contribution < 1.29 is 14.6 Å². The van der Waals surface area contributed by atoms with E-state index >= 15 is 0 Å². The summed E-state index contributed by atoms with van der Waals surface area (Å²) in [5.74, 6) is 0.105. The molecule has 1 fully saturated rings.